The molecule has 0 spiro atoms. The zero-order valence-electron chi connectivity index (χ0n) is 14.4. The van der Waals surface area contributed by atoms with Crippen molar-refractivity contribution in [2.24, 2.45) is 0 Å². The average Bonchev–Trinajstić information content (AvgIpc) is 2.54. The molecule has 132 valence electrons. The van der Waals surface area contributed by atoms with Crippen LogP contribution in [0, 0.1) is 3.57 Å². The topological polar surface area (TPSA) is 44.8 Å². The Morgan fingerprint density at radius 2 is 2.00 bits per heavy atom. The van der Waals surface area contributed by atoms with Gasteiger partial charge in [0.2, 0.25) is 0 Å². The molecule has 5 heteroatoms. The number of hydrogen-bond acceptors (Lipinski definition) is 4. The van der Waals surface area contributed by atoms with Gasteiger partial charge in [-0.25, -0.2) is 4.79 Å². The number of ether oxygens (including phenoxy) is 3. The molecule has 0 radical (unpaired) electrons. The van der Waals surface area contributed by atoms with Gasteiger partial charge in [-0.2, -0.15) is 0 Å². The van der Waals surface area contributed by atoms with E-state index in [1.807, 2.05) is 26.0 Å². The summed E-state index contributed by atoms with van der Waals surface area (Å²) < 4.78 is 17.9. The smallest absolute Gasteiger partial charge is 0.344 e. The molecule has 0 atom stereocenters. The number of rotatable bonds is 7. The van der Waals surface area contributed by atoms with Crippen molar-refractivity contribution in [3.05, 3.63) is 27.8 Å². The first kappa shape index (κ1) is 19.1. The van der Waals surface area contributed by atoms with E-state index in [1.54, 1.807) is 6.08 Å². The molecule has 0 aromatic heterocycles. The van der Waals surface area contributed by atoms with Crippen LogP contribution in [0.3, 0.4) is 0 Å². The van der Waals surface area contributed by atoms with Crippen LogP contribution in [0.5, 0.6) is 11.5 Å². The molecule has 1 aromatic rings. The molecule has 4 nitrogen and oxygen atoms in total. The summed E-state index contributed by atoms with van der Waals surface area (Å²) >= 11 is 2.17. The Labute approximate surface area is 157 Å². The van der Waals surface area contributed by atoms with Crippen molar-refractivity contribution in [2.75, 3.05) is 13.2 Å². The largest absolute Gasteiger partial charge is 0.490 e. The third-order valence-electron chi connectivity index (χ3n) is 4.17. The number of carbonyl (C=O) groups is 1. The van der Waals surface area contributed by atoms with Crippen molar-refractivity contribution >= 4 is 34.6 Å². The minimum Gasteiger partial charge on any atom is -0.490 e. The van der Waals surface area contributed by atoms with E-state index in [4.69, 9.17) is 14.2 Å². The molecule has 1 aliphatic rings. The van der Waals surface area contributed by atoms with Crippen molar-refractivity contribution in [2.45, 2.75) is 51.6 Å². The molecule has 1 aliphatic carbocycles. The summed E-state index contributed by atoms with van der Waals surface area (Å²) in [5.41, 5.74) is 0.605. The Morgan fingerprint density at radius 1 is 1.29 bits per heavy atom. The molecular formula is C19H25IO4. The Kier molecular flexibility index (Phi) is 6.95. The Morgan fingerprint density at radius 3 is 2.62 bits per heavy atom. The predicted octanol–water partition coefficient (Wildman–Crippen LogP) is 4.98. The number of carbonyl (C=O) groups excluding carboxylic acids is 1. The molecule has 24 heavy (non-hydrogen) atoms. The van der Waals surface area contributed by atoms with Gasteiger partial charge in [-0.1, -0.05) is 19.1 Å². The fourth-order valence-corrected chi connectivity index (χ4v) is 3.73. The van der Waals surface area contributed by atoms with Gasteiger partial charge in [0, 0.05) is 0 Å². The maximum Gasteiger partial charge on any atom is 0.344 e. The van der Waals surface area contributed by atoms with Crippen molar-refractivity contribution in [3.8, 4) is 11.5 Å². The van der Waals surface area contributed by atoms with Gasteiger partial charge in [-0.15, -0.1) is 0 Å². The molecule has 0 amide bonds. The molecule has 0 unspecified atom stereocenters. The van der Waals surface area contributed by atoms with Crippen LogP contribution in [-0.2, 0) is 9.53 Å². The monoisotopic (exact) mass is 444 g/mol. The predicted molar refractivity (Wildman–Crippen MR) is 103 cm³/mol. The van der Waals surface area contributed by atoms with Crippen LogP contribution >= 0.6 is 22.6 Å². The van der Waals surface area contributed by atoms with Crippen molar-refractivity contribution in [1.82, 2.24) is 0 Å². The minimum absolute atomic E-state index is 0.112. The SMILES string of the molecule is C=Cc1cc(I)c(OCC(=O)OC2(C)CCCCC2)c(OCC)c1. The van der Waals surface area contributed by atoms with Gasteiger partial charge < -0.3 is 14.2 Å². The van der Waals surface area contributed by atoms with E-state index in [9.17, 15) is 4.79 Å². The van der Waals surface area contributed by atoms with Crippen LogP contribution in [0.15, 0.2) is 18.7 Å². The summed E-state index contributed by atoms with van der Waals surface area (Å²) in [5, 5.41) is 0. The van der Waals surface area contributed by atoms with Gasteiger partial charge in [0.25, 0.3) is 0 Å². The molecule has 0 saturated heterocycles. The van der Waals surface area contributed by atoms with Gasteiger partial charge >= 0.3 is 5.97 Å². The maximum absolute atomic E-state index is 12.2. The third-order valence-corrected chi connectivity index (χ3v) is 4.97. The number of esters is 1. The van der Waals surface area contributed by atoms with Crippen LogP contribution in [0.2, 0.25) is 0 Å². The number of halogens is 1. The van der Waals surface area contributed by atoms with E-state index >= 15 is 0 Å². The van der Waals surface area contributed by atoms with Gasteiger partial charge in [0.1, 0.15) is 5.60 Å². The average molecular weight is 444 g/mol. The van der Waals surface area contributed by atoms with Crippen LogP contribution in [0.1, 0.15) is 51.5 Å². The number of hydrogen-bond donors (Lipinski definition) is 0. The number of benzene rings is 1. The second-order valence-corrected chi connectivity index (χ2v) is 7.40. The maximum atomic E-state index is 12.2. The van der Waals surface area contributed by atoms with Crippen molar-refractivity contribution in [3.63, 3.8) is 0 Å². The zero-order chi connectivity index (χ0) is 17.6. The van der Waals surface area contributed by atoms with Crippen LogP contribution in [0.25, 0.3) is 6.08 Å². The molecule has 1 fully saturated rings. The van der Waals surface area contributed by atoms with E-state index in [0.29, 0.717) is 18.1 Å². The molecular weight excluding hydrogens is 419 g/mol. The van der Waals surface area contributed by atoms with Gasteiger partial charge in [0.15, 0.2) is 18.1 Å². The molecule has 1 aromatic carbocycles. The molecule has 0 bridgehead atoms. The highest BCUT2D eigenvalue weighted by Crippen LogP contribution is 2.35. The van der Waals surface area contributed by atoms with E-state index in [1.165, 1.54) is 6.42 Å². The van der Waals surface area contributed by atoms with Gasteiger partial charge in [-0.3, -0.25) is 0 Å². The summed E-state index contributed by atoms with van der Waals surface area (Å²) in [7, 11) is 0. The highest BCUT2D eigenvalue weighted by atomic mass is 127. The Bertz CT molecular complexity index is 591. The van der Waals surface area contributed by atoms with Crippen LogP contribution in [0.4, 0.5) is 0 Å². The Balaban J connectivity index is 2.02. The summed E-state index contributed by atoms with van der Waals surface area (Å²) in [6.07, 6.45) is 7.05. The highest BCUT2D eigenvalue weighted by molar-refractivity contribution is 14.1. The zero-order valence-corrected chi connectivity index (χ0v) is 16.6. The van der Waals surface area contributed by atoms with Crippen molar-refractivity contribution in [1.29, 1.82) is 0 Å². The summed E-state index contributed by atoms with van der Waals surface area (Å²) in [4.78, 5) is 12.2. The molecule has 0 heterocycles. The fourth-order valence-electron chi connectivity index (χ4n) is 2.95. The summed E-state index contributed by atoms with van der Waals surface area (Å²) in [6, 6.07) is 3.81. The highest BCUT2D eigenvalue weighted by Gasteiger charge is 2.31. The first-order valence-electron chi connectivity index (χ1n) is 8.41. The van der Waals surface area contributed by atoms with Gasteiger partial charge in [0.05, 0.1) is 10.2 Å². The second kappa shape index (κ2) is 8.74. The Hall–Kier alpha value is -1.24. The second-order valence-electron chi connectivity index (χ2n) is 6.24. The lowest BCUT2D eigenvalue weighted by Crippen LogP contribution is -2.35. The quantitative estimate of drug-likeness (QED) is 0.440. The van der Waals surface area contributed by atoms with E-state index in [-0.39, 0.29) is 18.2 Å². The lowest BCUT2D eigenvalue weighted by molar-refractivity contribution is -0.163. The minimum atomic E-state index is -0.346. The van der Waals surface area contributed by atoms with E-state index in [2.05, 4.69) is 29.2 Å². The summed E-state index contributed by atoms with van der Waals surface area (Å²) in [5.74, 6) is 0.871. The molecule has 0 aliphatic heterocycles. The first-order chi connectivity index (χ1) is 11.5. The van der Waals surface area contributed by atoms with Crippen LogP contribution < -0.4 is 9.47 Å². The van der Waals surface area contributed by atoms with Crippen LogP contribution in [-0.4, -0.2) is 24.8 Å². The van der Waals surface area contributed by atoms with Gasteiger partial charge in [-0.05, 0) is 79.8 Å². The molecule has 1 saturated carbocycles. The third kappa shape index (κ3) is 5.13. The summed E-state index contributed by atoms with van der Waals surface area (Å²) in [6.45, 7) is 8.11. The lowest BCUT2D eigenvalue weighted by atomic mass is 9.86. The lowest BCUT2D eigenvalue weighted by Gasteiger charge is -2.33. The van der Waals surface area contributed by atoms with Crippen molar-refractivity contribution < 1.29 is 19.0 Å². The van der Waals surface area contributed by atoms with E-state index < -0.39 is 0 Å². The fraction of sp³-hybridized carbons (Fsp3) is 0.526. The normalized spacial score (nSPS) is 16.3. The standard InChI is InChI=1S/C19H25IO4/c1-4-14-11-15(20)18(16(12-14)22-5-2)23-13-17(21)24-19(3)9-7-6-8-10-19/h4,11-12H,1,5-10,13H2,2-3H3. The molecule has 0 N–H and O–H groups in total. The van der Waals surface area contributed by atoms with E-state index in [0.717, 1.165) is 34.8 Å². The molecule has 2 rings (SSSR count). The first-order valence-corrected chi connectivity index (χ1v) is 9.49.